The Kier molecular flexibility index (Phi) is 3.31. The summed E-state index contributed by atoms with van der Waals surface area (Å²) in [5.41, 5.74) is 0. The number of fused-ring (bicyclic) bond motifs is 1. The summed E-state index contributed by atoms with van der Waals surface area (Å²) in [6.45, 7) is 9.64. The molecule has 0 aliphatic rings. The van der Waals surface area contributed by atoms with Crippen LogP contribution in [0.4, 0.5) is 0 Å². The third kappa shape index (κ3) is 1.99. The summed E-state index contributed by atoms with van der Waals surface area (Å²) in [4.78, 5) is 0. The quantitative estimate of drug-likeness (QED) is 0.711. The number of hydrogen-bond donors (Lipinski definition) is 0. The van der Waals surface area contributed by atoms with Crippen LogP contribution in [0.15, 0.2) is 36.4 Å². The van der Waals surface area contributed by atoms with E-state index in [2.05, 4.69) is 62.6 Å². The standard InChI is InChI=1S/C14H20Si2/c1-15(2)13-9-10-14(16(3)4)12-8-6-5-7-11(12)13/h5-10,15-16H,1-4H3. The maximum Gasteiger partial charge on any atom is 0.0655 e. The molecule has 0 aliphatic carbocycles. The van der Waals surface area contributed by atoms with Gasteiger partial charge in [-0.2, -0.15) is 0 Å². The summed E-state index contributed by atoms with van der Waals surface area (Å²) in [6, 6.07) is 13.7. The van der Waals surface area contributed by atoms with Gasteiger partial charge in [-0.25, -0.2) is 0 Å². The van der Waals surface area contributed by atoms with E-state index in [0.29, 0.717) is 0 Å². The molecule has 2 aromatic carbocycles. The van der Waals surface area contributed by atoms with E-state index in [1.165, 1.54) is 10.8 Å². The Labute approximate surface area is 102 Å². The first-order chi connectivity index (χ1) is 7.61. The number of hydrogen-bond acceptors (Lipinski definition) is 0. The van der Waals surface area contributed by atoms with Crippen LogP contribution in [0.3, 0.4) is 0 Å². The Hall–Kier alpha value is -0.866. The molecule has 0 bridgehead atoms. The molecular weight excluding hydrogens is 224 g/mol. The fraction of sp³-hybridized carbons (Fsp3) is 0.286. The largest absolute Gasteiger partial charge is 0.0682 e. The molecule has 16 heavy (non-hydrogen) atoms. The minimum atomic E-state index is -0.716. The molecule has 0 nitrogen and oxygen atoms in total. The van der Waals surface area contributed by atoms with Crippen molar-refractivity contribution in [2.45, 2.75) is 26.2 Å². The smallest absolute Gasteiger partial charge is 0.0655 e. The van der Waals surface area contributed by atoms with Gasteiger partial charge in [0.25, 0.3) is 0 Å². The van der Waals surface area contributed by atoms with Crippen molar-refractivity contribution in [3.8, 4) is 0 Å². The van der Waals surface area contributed by atoms with Gasteiger partial charge < -0.3 is 0 Å². The van der Waals surface area contributed by atoms with E-state index in [-0.39, 0.29) is 0 Å². The lowest BCUT2D eigenvalue weighted by Gasteiger charge is -2.14. The zero-order chi connectivity index (χ0) is 11.7. The van der Waals surface area contributed by atoms with Crippen LogP contribution in [-0.4, -0.2) is 17.6 Å². The van der Waals surface area contributed by atoms with Crippen molar-refractivity contribution in [2.24, 2.45) is 0 Å². The second kappa shape index (κ2) is 4.56. The van der Waals surface area contributed by atoms with Gasteiger partial charge in [-0.3, -0.25) is 0 Å². The molecule has 2 aromatic rings. The molecular formula is C14H20Si2. The summed E-state index contributed by atoms with van der Waals surface area (Å²) in [7, 11) is -1.43. The maximum atomic E-state index is 2.41. The second-order valence-electron chi connectivity index (χ2n) is 5.10. The molecule has 0 N–H and O–H groups in total. The minimum Gasteiger partial charge on any atom is -0.0682 e. The van der Waals surface area contributed by atoms with Gasteiger partial charge in [0.1, 0.15) is 0 Å². The number of rotatable bonds is 2. The van der Waals surface area contributed by atoms with E-state index < -0.39 is 17.6 Å². The Morgan fingerprint density at radius 1 is 0.625 bits per heavy atom. The zero-order valence-corrected chi connectivity index (χ0v) is 12.9. The predicted molar refractivity (Wildman–Crippen MR) is 81.0 cm³/mol. The van der Waals surface area contributed by atoms with Gasteiger partial charge >= 0.3 is 0 Å². The first-order valence-corrected chi connectivity index (χ1v) is 11.9. The van der Waals surface area contributed by atoms with Gasteiger partial charge in [0.2, 0.25) is 0 Å². The first-order valence-electron chi connectivity index (χ1n) is 6.12. The van der Waals surface area contributed by atoms with Gasteiger partial charge in [0.15, 0.2) is 0 Å². The van der Waals surface area contributed by atoms with Crippen molar-refractivity contribution in [3.63, 3.8) is 0 Å². The fourth-order valence-corrected chi connectivity index (χ4v) is 5.06. The van der Waals surface area contributed by atoms with Crippen LogP contribution < -0.4 is 10.4 Å². The van der Waals surface area contributed by atoms with E-state index in [1.807, 2.05) is 0 Å². The lowest BCUT2D eigenvalue weighted by atomic mass is 10.1. The van der Waals surface area contributed by atoms with Crippen LogP contribution in [0.25, 0.3) is 10.8 Å². The van der Waals surface area contributed by atoms with E-state index in [9.17, 15) is 0 Å². The predicted octanol–water partition coefficient (Wildman–Crippen LogP) is 2.23. The van der Waals surface area contributed by atoms with Crippen molar-refractivity contribution < 1.29 is 0 Å². The normalized spacial score (nSPS) is 11.6. The first kappa shape index (κ1) is 11.6. The van der Waals surface area contributed by atoms with Crippen LogP contribution in [0.5, 0.6) is 0 Å². The molecule has 0 amide bonds. The van der Waals surface area contributed by atoms with Crippen LogP contribution >= 0.6 is 0 Å². The maximum absolute atomic E-state index is 2.41. The SMILES string of the molecule is C[SiH](C)c1ccc([SiH](C)C)c2ccccc12. The van der Waals surface area contributed by atoms with Crippen LogP contribution in [0.1, 0.15) is 0 Å². The molecule has 2 heteroatoms. The molecule has 0 saturated heterocycles. The molecule has 0 saturated carbocycles. The molecule has 0 atom stereocenters. The van der Waals surface area contributed by atoms with Gasteiger partial charge in [0.05, 0.1) is 17.6 Å². The Balaban J connectivity index is 2.77. The van der Waals surface area contributed by atoms with Gasteiger partial charge in [-0.1, -0.05) is 73.0 Å². The van der Waals surface area contributed by atoms with Crippen molar-refractivity contribution >= 4 is 38.7 Å². The molecule has 84 valence electrons. The third-order valence-electron chi connectivity index (χ3n) is 3.24. The zero-order valence-electron chi connectivity index (χ0n) is 10.6. The highest BCUT2D eigenvalue weighted by Gasteiger charge is 2.10. The molecule has 0 heterocycles. The average molecular weight is 244 g/mol. The lowest BCUT2D eigenvalue weighted by molar-refractivity contribution is 1.78. The summed E-state index contributed by atoms with van der Waals surface area (Å²) in [5.74, 6) is 0. The van der Waals surface area contributed by atoms with Crippen molar-refractivity contribution in [2.75, 3.05) is 0 Å². The third-order valence-corrected chi connectivity index (χ3v) is 6.73. The van der Waals surface area contributed by atoms with E-state index in [1.54, 1.807) is 10.4 Å². The highest BCUT2D eigenvalue weighted by atomic mass is 28.3. The molecule has 0 unspecified atom stereocenters. The highest BCUT2D eigenvalue weighted by Crippen LogP contribution is 2.11. The fourth-order valence-electron chi connectivity index (χ4n) is 2.35. The minimum absolute atomic E-state index is 0.716. The lowest BCUT2D eigenvalue weighted by Crippen LogP contribution is -2.30. The molecule has 0 aromatic heterocycles. The second-order valence-corrected chi connectivity index (χ2v) is 11.0. The molecule has 0 spiro atoms. The Bertz CT molecular complexity index is 455. The highest BCUT2D eigenvalue weighted by molar-refractivity contribution is 6.76. The van der Waals surface area contributed by atoms with Crippen LogP contribution in [0.2, 0.25) is 26.2 Å². The summed E-state index contributed by atoms with van der Waals surface area (Å²) < 4.78 is 0. The average Bonchev–Trinajstić information content (AvgIpc) is 2.27. The molecule has 0 radical (unpaired) electrons. The summed E-state index contributed by atoms with van der Waals surface area (Å²) in [5, 5.41) is 6.27. The van der Waals surface area contributed by atoms with Crippen LogP contribution in [0, 0.1) is 0 Å². The van der Waals surface area contributed by atoms with Gasteiger partial charge in [-0.15, -0.1) is 0 Å². The monoisotopic (exact) mass is 244 g/mol. The van der Waals surface area contributed by atoms with Crippen molar-refractivity contribution in [3.05, 3.63) is 36.4 Å². The number of benzene rings is 2. The molecule has 0 fully saturated rings. The van der Waals surface area contributed by atoms with Crippen molar-refractivity contribution in [1.29, 1.82) is 0 Å². The summed E-state index contributed by atoms with van der Waals surface area (Å²) in [6.07, 6.45) is 0. The van der Waals surface area contributed by atoms with E-state index in [0.717, 1.165) is 0 Å². The van der Waals surface area contributed by atoms with Gasteiger partial charge in [-0.05, 0) is 10.8 Å². The van der Waals surface area contributed by atoms with Crippen LogP contribution in [-0.2, 0) is 0 Å². The van der Waals surface area contributed by atoms with Crippen molar-refractivity contribution in [1.82, 2.24) is 0 Å². The van der Waals surface area contributed by atoms with E-state index in [4.69, 9.17) is 0 Å². The topological polar surface area (TPSA) is 0 Å². The Morgan fingerprint density at radius 2 is 1.00 bits per heavy atom. The van der Waals surface area contributed by atoms with Gasteiger partial charge in [0, 0.05) is 0 Å². The van der Waals surface area contributed by atoms with E-state index >= 15 is 0 Å². The molecule has 0 aliphatic heterocycles. The summed E-state index contributed by atoms with van der Waals surface area (Å²) >= 11 is 0. The molecule has 2 rings (SSSR count). The Morgan fingerprint density at radius 3 is 1.31 bits per heavy atom.